The Kier molecular flexibility index (Phi) is 11.2. The molecular weight excluding hydrogens is 669 g/mol. The third-order valence-corrected chi connectivity index (χ3v) is 8.47. The molecule has 4 aromatic rings. The molecule has 0 spiro atoms. The smallest absolute Gasteiger partial charge is 0.406 e. The van der Waals surface area contributed by atoms with Gasteiger partial charge in [0.1, 0.15) is 5.75 Å². The van der Waals surface area contributed by atoms with Crippen LogP contribution in [0.25, 0.3) is 11.1 Å². The zero-order valence-corrected chi connectivity index (χ0v) is 27.8. The van der Waals surface area contributed by atoms with Crippen LogP contribution in [0.5, 0.6) is 5.75 Å². The summed E-state index contributed by atoms with van der Waals surface area (Å²) in [6.07, 6.45) is -4.52. The number of amides is 2. The van der Waals surface area contributed by atoms with E-state index >= 15 is 0 Å². The topological polar surface area (TPSA) is 122 Å². The van der Waals surface area contributed by atoms with Gasteiger partial charge in [-0.3, -0.25) is 14.1 Å². The zero-order chi connectivity index (χ0) is 35.3. The zero-order valence-electron chi connectivity index (χ0n) is 26.3. The summed E-state index contributed by atoms with van der Waals surface area (Å²) in [4.78, 5) is 26.2. The van der Waals surface area contributed by atoms with E-state index < -0.39 is 34.1 Å². The number of benzene rings is 4. The molecule has 1 atom stereocenters. The van der Waals surface area contributed by atoms with Gasteiger partial charge in [-0.15, -0.1) is 13.2 Å². The summed E-state index contributed by atoms with van der Waals surface area (Å²) in [7, 11) is -4.21. The van der Waals surface area contributed by atoms with Crippen LogP contribution in [0.3, 0.4) is 0 Å². The first-order valence-corrected chi connectivity index (χ1v) is 16.8. The Morgan fingerprint density at radius 2 is 1.52 bits per heavy atom. The third kappa shape index (κ3) is 10.6. The van der Waals surface area contributed by atoms with Crippen molar-refractivity contribution in [1.29, 1.82) is 0 Å². The van der Waals surface area contributed by atoms with E-state index in [1.807, 2.05) is 24.3 Å². The Balaban J connectivity index is 1.53. The lowest BCUT2D eigenvalue weighted by Gasteiger charge is -2.22. The fraction of sp³-hybridized carbons (Fsp3) is 0.257. The number of hydrogen-bond acceptors (Lipinski definition) is 5. The highest BCUT2D eigenvalue weighted by molar-refractivity contribution is 7.85. The predicted octanol–water partition coefficient (Wildman–Crippen LogP) is 7.79. The molecule has 0 aromatic heterocycles. The van der Waals surface area contributed by atoms with E-state index in [9.17, 15) is 31.2 Å². The van der Waals surface area contributed by atoms with E-state index in [-0.39, 0.29) is 40.6 Å². The lowest BCUT2D eigenvalue weighted by atomic mass is 9.84. The molecule has 3 N–H and O–H groups in total. The highest BCUT2D eigenvalue weighted by Crippen LogP contribution is 2.34. The second kappa shape index (κ2) is 14.8. The van der Waals surface area contributed by atoms with Gasteiger partial charge in [-0.1, -0.05) is 87.0 Å². The van der Waals surface area contributed by atoms with Crippen LogP contribution >= 0.6 is 11.6 Å². The van der Waals surface area contributed by atoms with E-state index in [4.69, 9.17) is 16.2 Å². The molecule has 1 unspecified atom stereocenters. The number of hydrogen-bond donors (Lipinski definition) is 3. The van der Waals surface area contributed by atoms with Crippen molar-refractivity contribution in [3.8, 4) is 16.9 Å². The second-order valence-corrected chi connectivity index (χ2v) is 14.1. The van der Waals surface area contributed by atoms with Gasteiger partial charge in [-0.25, -0.2) is 0 Å². The molecule has 0 saturated heterocycles. The summed E-state index contributed by atoms with van der Waals surface area (Å²) >= 11 is 6.54. The minimum Gasteiger partial charge on any atom is -0.406 e. The van der Waals surface area contributed by atoms with Crippen LogP contribution in [0.2, 0.25) is 5.02 Å². The molecule has 0 saturated carbocycles. The van der Waals surface area contributed by atoms with Gasteiger partial charge >= 0.3 is 6.36 Å². The molecule has 48 heavy (non-hydrogen) atoms. The standard InChI is InChI=1S/C35H34ClF3N2O6S/c1-34(2,3)26-12-8-24(9-13-26)30(20-22-4-6-25(7-5-22)32(42)40-18-19-48(44,45)46)33(43)41-27-14-17-29(31(36)21-27)23-10-15-28(16-11-23)47-35(37,38)39/h4-17,21,30H,18-20H2,1-3H3,(H,40,42)(H,41,43)(H,44,45,46). The van der Waals surface area contributed by atoms with E-state index in [2.05, 4.69) is 36.1 Å². The first kappa shape index (κ1) is 36.4. The molecule has 0 radical (unpaired) electrons. The van der Waals surface area contributed by atoms with Crippen molar-refractivity contribution in [3.05, 3.63) is 118 Å². The number of ether oxygens (including phenoxy) is 1. The molecule has 0 aliphatic rings. The van der Waals surface area contributed by atoms with Crippen molar-refractivity contribution < 1.29 is 40.5 Å². The predicted molar refractivity (Wildman–Crippen MR) is 179 cm³/mol. The molecule has 4 aromatic carbocycles. The average Bonchev–Trinajstić information content (AvgIpc) is 2.99. The van der Waals surface area contributed by atoms with Gasteiger partial charge in [0.05, 0.1) is 16.7 Å². The number of carbonyl (C=O) groups excluding carboxylic acids is 2. The number of nitrogens with one attached hydrogen (secondary N) is 2. The van der Waals surface area contributed by atoms with Crippen LogP contribution in [0.15, 0.2) is 91.0 Å². The van der Waals surface area contributed by atoms with Gasteiger partial charge in [0, 0.05) is 23.4 Å². The Morgan fingerprint density at radius 3 is 2.06 bits per heavy atom. The Morgan fingerprint density at radius 1 is 0.896 bits per heavy atom. The maximum atomic E-state index is 13.8. The minimum atomic E-state index is -4.80. The van der Waals surface area contributed by atoms with E-state index in [0.29, 0.717) is 16.8 Å². The van der Waals surface area contributed by atoms with Crippen molar-refractivity contribution in [2.75, 3.05) is 17.6 Å². The number of alkyl halides is 3. The van der Waals surface area contributed by atoms with Crippen LogP contribution < -0.4 is 15.4 Å². The van der Waals surface area contributed by atoms with Crippen molar-refractivity contribution in [2.24, 2.45) is 0 Å². The second-order valence-electron chi connectivity index (χ2n) is 12.1. The summed E-state index contributed by atoms with van der Waals surface area (Å²) in [5.74, 6) is -2.44. The third-order valence-electron chi connectivity index (χ3n) is 7.43. The largest absolute Gasteiger partial charge is 0.573 e. The maximum absolute atomic E-state index is 13.8. The van der Waals surface area contributed by atoms with E-state index in [1.165, 1.54) is 24.3 Å². The molecule has 254 valence electrons. The van der Waals surface area contributed by atoms with E-state index in [1.54, 1.807) is 42.5 Å². The fourth-order valence-corrected chi connectivity index (χ4v) is 5.54. The van der Waals surface area contributed by atoms with Crippen molar-refractivity contribution >= 4 is 39.2 Å². The summed E-state index contributed by atoms with van der Waals surface area (Å²) in [5, 5.41) is 5.63. The summed E-state index contributed by atoms with van der Waals surface area (Å²) in [6, 6.07) is 24.5. The maximum Gasteiger partial charge on any atom is 0.573 e. The quantitative estimate of drug-likeness (QED) is 0.137. The van der Waals surface area contributed by atoms with Gasteiger partial charge in [0.15, 0.2) is 0 Å². The average molecular weight is 703 g/mol. The first-order valence-electron chi connectivity index (χ1n) is 14.8. The normalized spacial score (nSPS) is 12.7. The number of rotatable bonds is 11. The molecule has 4 rings (SSSR count). The van der Waals surface area contributed by atoms with E-state index in [0.717, 1.165) is 16.7 Å². The fourth-order valence-electron chi connectivity index (χ4n) is 4.89. The SMILES string of the molecule is CC(C)(C)c1ccc(C(Cc2ccc(C(=O)NCCS(=O)(=O)O)cc2)C(=O)Nc2ccc(-c3ccc(OC(F)(F)F)cc3)c(Cl)c2)cc1. The molecule has 0 bridgehead atoms. The summed E-state index contributed by atoms with van der Waals surface area (Å²) < 4.78 is 72.2. The Hall–Kier alpha value is -4.39. The molecule has 13 heteroatoms. The van der Waals surface area contributed by atoms with Gasteiger partial charge in [0.2, 0.25) is 5.91 Å². The van der Waals surface area contributed by atoms with Crippen LogP contribution in [0, 0.1) is 0 Å². The Bertz CT molecular complexity index is 1860. The van der Waals surface area contributed by atoms with Crippen LogP contribution in [0.4, 0.5) is 18.9 Å². The van der Waals surface area contributed by atoms with Gasteiger partial charge in [-0.2, -0.15) is 8.42 Å². The van der Waals surface area contributed by atoms with Crippen LogP contribution in [-0.2, 0) is 26.7 Å². The molecule has 0 heterocycles. The molecule has 2 amide bonds. The molecule has 0 fully saturated rings. The summed E-state index contributed by atoms with van der Waals surface area (Å²) in [5.41, 5.74) is 4.31. The van der Waals surface area contributed by atoms with Crippen LogP contribution in [-0.4, -0.2) is 43.4 Å². The highest BCUT2D eigenvalue weighted by Gasteiger charge is 2.31. The first-order chi connectivity index (χ1) is 22.4. The number of anilines is 1. The minimum absolute atomic E-state index is 0.0990. The Labute approximate surface area is 282 Å². The van der Waals surface area contributed by atoms with Gasteiger partial charge in [-0.05, 0) is 70.5 Å². The number of halogens is 4. The summed E-state index contributed by atoms with van der Waals surface area (Å²) in [6.45, 7) is 6.01. The van der Waals surface area contributed by atoms with Crippen LogP contribution in [0.1, 0.15) is 53.7 Å². The highest BCUT2D eigenvalue weighted by atomic mass is 35.5. The molecular formula is C35H34ClF3N2O6S. The van der Waals surface area contributed by atoms with Gasteiger partial charge in [0.25, 0.3) is 16.0 Å². The molecule has 0 aliphatic carbocycles. The number of carbonyl (C=O) groups is 2. The van der Waals surface area contributed by atoms with Crippen molar-refractivity contribution in [2.45, 2.75) is 44.9 Å². The van der Waals surface area contributed by atoms with Gasteiger partial charge < -0.3 is 15.4 Å². The molecule has 0 aliphatic heterocycles. The lowest BCUT2D eigenvalue weighted by Crippen LogP contribution is -2.28. The lowest BCUT2D eigenvalue weighted by molar-refractivity contribution is -0.274. The molecule has 8 nitrogen and oxygen atoms in total. The van der Waals surface area contributed by atoms with Crippen molar-refractivity contribution in [3.63, 3.8) is 0 Å². The monoisotopic (exact) mass is 702 g/mol. The van der Waals surface area contributed by atoms with Crippen molar-refractivity contribution in [1.82, 2.24) is 5.32 Å².